The molecule has 2 bridgehead atoms. The SMILES string of the molecule is CCOc1cc(-c2ccc(N3CC4C[C@@H](C3)C4Nc3ccc(OC)nc3)nc2)c2c(C#N)cnn2c1. The summed E-state index contributed by atoms with van der Waals surface area (Å²) in [4.78, 5) is 11.5. The Kier molecular flexibility index (Phi) is 5.56. The number of rotatable bonds is 7. The van der Waals surface area contributed by atoms with Crippen molar-refractivity contribution in [2.24, 2.45) is 11.8 Å². The van der Waals surface area contributed by atoms with Crippen LogP contribution in [0.5, 0.6) is 11.6 Å². The van der Waals surface area contributed by atoms with E-state index >= 15 is 0 Å². The average molecular weight is 482 g/mol. The topological polar surface area (TPSA) is 101 Å². The van der Waals surface area contributed by atoms with Crippen LogP contribution < -0.4 is 19.7 Å². The zero-order valence-electron chi connectivity index (χ0n) is 20.3. The quantitative estimate of drug-likeness (QED) is 0.423. The fourth-order valence-electron chi connectivity index (χ4n) is 5.47. The Hall–Kier alpha value is -4.32. The molecule has 1 N–H and O–H groups in total. The van der Waals surface area contributed by atoms with Crippen molar-refractivity contribution in [1.29, 1.82) is 5.26 Å². The van der Waals surface area contributed by atoms with E-state index in [1.165, 1.54) is 6.42 Å². The van der Waals surface area contributed by atoms with E-state index in [9.17, 15) is 5.26 Å². The highest BCUT2D eigenvalue weighted by Gasteiger charge is 2.47. The van der Waals surface area contributed by atoms with Gasteiger partial charge in [0.2, 0.25) is 5.88 Å². The molecule has 9 heteroatoms. The van der Waals surface area contributed by atoms with E-state index in [1.807, 2.05) is 37.5 Å². The van der Waals surface area contributed by atoms with Crippen molar-refractivity contribution in [2.75, 3.05) is 37.0 Å². The molecule has 3 atom stereocenters. The van der Waals surface area contributed by atoms with Crippen molar-refractivity contribution in [3.63, 3.8) is 0 Å². The van der Waals surface area contributed by atoms with Gasteiger partial charge in [-0.3, -0.25) is 0 Å². The molecule has 0 radical (unpaired) electrons. The second-order valence-electron chi connectivity index (χ2n) is 9.31. The maximum Gasteiger partial charge on any atom is 0.213 e. The Balaban J connectivity index is 1.19. The number of fused-ring (bicyclic) bond motifs is 3. The Bertz CT molecular complexity index is 1410. The van der Waals surface area contributed by atoms with Crippen LogP contribution >= 0.6 is 0 Å². The van der Waals surface area contributed by atoms with Crippen molar-refractivity contribution < 1.29 is 9.47 Å². The molecule has 3 aliphatic rings. The van der Waals surface area contributed by atoms with E-state index in [-0.39, 0.29) is 0 Å². The van der Waals surface area contributed by atoms with E-state index in [1.54, 1.807) is 24.0 Å². The summed E-state index contributed by atoms with van der Waals surface area (Å²) in [6.07, 6.45) is 8.34. The molecular formula is C27H27N7O2. The Morgan fingerprint density at radius 2 is 1.97 bits per heavy atom. The molecule has 2 saturated heterocycles. The number of hydrogen-bond donors (Lipinski definition) is 1. The number of methoxy groups -OCH3 is 1. The standard InChI is InChI=1S/C27H27N7O2/c1-3-36-22-9-23(27-20(10-28)12-31-34(27)16-22)17-4-6-24(29-11-17)33-14-18-8-19(15-33)26(18)32-21-5-7-25(35-2)30-13-21/h4-7,9,11-13,16,18-19,26,32H,3,8,14-15H2,1-2H3/t18-,19?,26?/m0/s1. The van der Waals surface area contributed by atoms with Crippen molar-refractivity contribution >= 4 is 17.0 Å². The van der Waals surface area contributed by atoms with Gasteiger partial charge in [-0.05, 0) is 49.4 Å². The number of ether oxygens (including phenoxy) is 2. The van der Waals surface area contributed by atoms with E-state index < -0.39 is 0 Å². The van der Waals surface area contributed by atoms with Gasteiger partial charge in [0.05, 0.1) is 49.1 Å². The third kappa shape index (κ3) is 3.85. The molecule has 6 heterocycles. The third-order valence-corrected chi connectivity index (χ3v) is 7.21. The highest BCUT2D eigenvalue weighted by atomic mass is 16.5. The first-order valence-corrected chi connectivity index (χ1v) is 12.2. The molecule has 1 aliphatic carbocycles. The summed E-state index contributed by atoms with van der Waals surface area (Å²) in [6.45, 7) is 4.43. The molecule has 0 amide bonds. The summed E-state index contributed by atoms with van der Waals surface area (Å²) in [5.74, 6) is 3.44. The van der Waals surface area contributed by atoms with Gasteiger partial charge >= 0.3 is 0 Å². The van der Waals surface area contributed by atoms with Gasteiger partial charge in [0.25, 0.3) is 0 Å². The Labute approximate surface area is 209 Å². The monoisotopic (exact) mass is 481 g/mol. The highest BCUT2D eigenvalue weighted by Crippen LogP contribution is 2.43. The lowest BCUT2D eigenvalue weighted by Crippen LogP contribution is -2.61. The minimum atomic E-state index is 0.455. The molecule has 36 heavy (non-hydrogen) atoms. The molecule has 1 saturated carbocycles. The largest absolute Gasteiger partial charge is 0.492 e. The van der Waals surface area contributed by atoms with Gasteiger partial charge < -0.3 is 19.7 Å². The summed E-state index contributed by atoms with van der Waals surface area (Å²) in [6, 6.07) is 12.7. The van der Waals surface area contributed by atoms with Gasteiger partial charge in [-0.15, -0.1) is 0 Å². The summed E-state index contributed by atoms with van der Waals surface area (Å²) in [5.41, 5.74) is 4.13. The van der Waals surface area contributed by atoms with Crippen LogP contribution in [0, 0.1) is 23.2 Å². The van der Waals surface area contributed by atoms with Crippen LogP contribution in [-0.4, -0.2) is 52.4 Å². The van der Waals surface area contributed by atoms with Gasteiger partial charge in [0.15, 0.2) is 0 Å². The van der Waals surface area contributed by atoms with Gasteiger partial charge in [-0.2, -0.15) is 10.4 Å². The van der Waals surface area contributed by atoms with Crippen molar-refractivity contribution in [3.05, 3.63) is 60.7 Å². The minimum Gasteiger partial charge on any atom is -0.492 e. The lowest BCUT2D eigenvalue weighted by molar-refractivity contribution is 0.130. The summed E-state index contributed by atoms with van der Waals surface area (Å²) in [7, 11) is 1.63. The first-order chi connectivity index (χ1) is 17.7. The van der Waals surface area contributed by atoms with Gasteiger partial charge in [0.1, 0.15) is 17.6 Å². The normalized spacial score (nSPS) is 20.5. The molecule has 4 aromatic rings. The maximum atomic E-state index is 9.58. The Morgan fingerprint density at radius 1 is 1.11 bits per heavy atom. The number of piperidine rings is 2. The number of nitrogens with zero attached hydrogens (tertiary/aromatic N) is 6. The molecule has 2 aliphatic heterocycles. The zero-order valence-corrected chi connectivity index (χ0v) is 20.3. The van der Waals surface area contributed by atoms with Crippen LogP contribution in [0.15, 0.2) is 55.1 Å². The first-order valence-electron chi connectivity index (χ1n) is 12.2. The van der Waals surface area contributed by atoms with E-state index in [2.05, 4.69) is 38.5 Å². The van der Waals surface area contributed by atoms with Crippen molar-refractivity contribution in [1.82, 2.24) is 19.6 Å². The summed E-state index contributed by atoms with van der Waals surface area (Å²) < 4.78 is 12.6. The van der Waals surface area contributed by atoms with Crippen LogP contribution in [0.4, 0.5) is 11.5 Å². The van der Waals surface area contributed by atoms with Crippen LogP contribution in [0.25, 0.3) is 16.6 Å². The van der Waals surface area contributed by atoms with Gasteiger partial charge in [-0.25, -0.2) is 14.5 Å². The molecular weight excluding hydrogens is 454 g/mol. The minimum absolute atomic E-state index is 0.455. The highest BCUT2D eigenvalue weighted by molar-refractivity contribution is 5.85. The second kappa shape index (κ2) is 9.04. The summed E-state index contributed by atoms with van der Waals surface area (Å²) in [5, 5.41) is 17.6. The van der Waals surface area contributed by atoms with Crippen LogP contribution in [0.3, 0.4) is 0 Å². The molecule has 4 aromatic heterocycles. The first kappa shape index (κ1) is 22.2. The third-order valence-electron chi connectivity index (χ3n) is 7.21. The number of aromatic nitrogens is 4. The van der Waals surface area contributed by atoms with E-state index in [4.69, 9.17) is 14.5 Å². The number of nitriles is 1. The van der Waals surface area contributed by atoms with Gasteiger partial charge in [0, 0.05) is 42.5 Å². The Morgan fingerprint density at radius 3 is 2.64 bits per heavy atom. The second-order valence-corrected chi connectivity index (χ2v) is 9.31. The van der Waals surface area contributed by atoms with E-state index in [0.717, 1.165) is 41.2 Å². The summed E-state index contributed by atoms with van der Waals surface area (Å²) >= 11 is 0. The molecule has 182 valence electrons. The number of hydrogen-bond acceptors (Lipinski definition) is 8. The molecule has 2 unspecified atom stereocenters. The average Bonchev–Trinajstić information content (AvgIpc) is 3.35. The zero-order chi connectivity index (χ0) is 24.6. The van der Waals surface area contributed by atoms with Crippen LogP contribution in [0.2, 0.25) is 0 Å². The molecule has 0 spiro atoms. The molecule has 3 fully saturated rings. The fraction of sp³-hybridized carbons (Fsp3) is 0.333. The number of pyridine rings is 3. The van der Waals surface area contributed by atoms with Gasteiger partial charge in [-0.1, -0.05) is 0 Å². The lowest BCUT2D eigenvalue weighted by Gasteiger charge is -2.54. The fourth-order valence-corrected chi connectivity index (χ4v) is 5.47. The number of nitrogens with one attached hydrogen (secondary N) is 1. The smallest absolute Gasteiger partial charge is 0.213 e. The van der Waals surface area contributed by atoms with Crippen LogP contribution in [-0.2, 0) is 0 Å². The van der Waals surface area contributed by atoms with E-state index in [0.29, 0.717) is 41.7 Å². The molecule has 7 rings (SSSR count). The molecule has 0 aromatic carbocycles. The predicted molar refractivity (Wildman–Crippen MR) is 136 cm³/mol. The van der Waals surface area contributed by atoms with Crippen molar-refractivity contribution in [2.45, 2.75) is 19.4 Å². The molecule has 9 nitrogen and oxygen atoms in total. The maximum absolute atomic E-state index is 9.58. The predicted octanol–water partition coefficient (Wildman–Crippen LogP) is 4.01. The van der Waals surface area contributed by atoms with Crippen molar-refractivity contribution in [3.8, 4) is 28.8 Å². The number of anilines is 2. The lowest BCUT2D eigenvalue weighted by atomic mass is 9.66. The van der Waals surface area contributed by atoms with Crippen LogP contribution in [0.1, 0.15) is 18.9 Å².